The Kier molecular flexibility index (Phi) is 4.41. The van der Waals surface area contributed by atoms with Crippen molar-refractivity contribution in [1.82, 2.24) is 20.0 Å². The van der Waals surface area contributed by atoms with Crippen molar-refractivity contribution < 1.29 is 9.84 Å². The zero-order valence-electron chi connectivity index (χ0n) is 18.5. The van der Waals surface area contributed by atoms with Crippen LogP contribution < -0.4 is 15.2 Å². The molecule has 0 radical (unpaired) electrons. The van der Waals surface area contributed by atoms with Crippen LogP contribution in [-0.4, -0.2) is 49.4 Å². The van der Waals surface area contributed by atoms with Gasteiger partial charge in [0, 0.05) is 31.4 Å². The summed E-state index contributed by atoms with van der Waals surface area (Å²) in [5, 5.41) is 23.3. The van der Waals surface area contributed by atoms with E-state index in [2.05, 4.69) is 22.2 Å². The van der Waals surface area contributed by atoms with Crippen LogP contribution in [0.3, 0.4) is 0 Å². The van der Waals surface area contributed by atoms with E-state index in [-0.39, 0.29) is 17.1 Å². The second kappa shape index (κ2) is 6.82. The molecule has 1 aliphatic heterocycles. The summed E-state index contributed by atoms with van der Waals surface area (Å²) in [6.07, 6.45) is 2.97. The minimum absolute atomic E-state index is 0.0631. The number of nitrogens with one attached hydrogen (secondary N) is 1. The molecule has 8 heteroatoms. The summed E-state index contributed by atoms with van der Waals surface area (Å²) < 4.78 is 7.49. The Hall–Kier alpha value is -2.87. The summed E-state index contributed by atoms with van der Waals surface area (Å²) in [5.41, 5.74) is 1.82. The highest BCUT2D eigenvalue weighted by molar-refractivity contribution is 5.93. The number of aromatic amines is 1. The van der Waals surface area contributed by atoms with Gasteiger partial charge in [-0.15, -0.1) is 0 Å². The van der Waals surface area contributed by atoms with Gasteiger partial charge in [0.15, 0.2) is 0 Å². The molecule has 0 bridgehead atoms. The average molecular weight is 424 g/mol. The summed E-state index contributed by atoms with van der Waals surface area (Å²) in [4.78, 5) is 14.9. The van der Waals surface area contributed by atoms with E-state index in [1.807, 2.05) is 43.0 Å². The molecule has 2 N–H and O–H groups in total. The van der Waals surface area contributed by atoms with Gasteiger partial charge in [-0.1, -0.05) is 0 Å². The molecule has 1 atom stereocenters. The first-order chi connectivity index (χ1) is 14.6. The summed E-state index contributed by atoms with van der Waals surface area (Å²) in [7, 11) is 1.66. The van der Waals surface area contributed by atoms with Crippen molar-refractivity contribution in [1.29, 1.82) is 0 Å². The first-order valence-corrected chi connectivity index (χ1v) is 10.9. The average Bonchev–Trinajstić information content (AvgIpc) is 3.11. The number of ether oxygens (including phenoxy) is 1. The van der Waals surface area contributed by atoms with Crippen LogP contribution in [-0.2, 0) is 7.05 Å². The number of rotatable bonds is 5. The highest BCUT2D eigenvalue weighted by Gasteiger charge is 2.40. The number of fused-ring (bicyclic) bond motifs is 1. The maximum Gasteiger partial charge on any atom is 0.290 e. The van der Waals surface area contributed by atoms with Crippen LogP contribution in [0.2, 0.25) is 0 Å². The Balaban J connectivity index is 1.53. The Labute approximate surface area is 180 Å². The van der Waals surface area contributed by atoms with E-state index in [0.717, 1.165) is 42.5 Å². The third-order valence-corrected chi connectivity index (χ3v) is 6.67. The Morgan fingerprint density at radius 1 is 1.29 bits per heavy atom. The van der Waals surface area contributed by atoms with E-state index >= 15 is 0 Å². The predicted octanol–water partition coefficient (Wildman–Crippen LogP) is 2.85. The van der Waals surface area contributed by atoms with E-state index < -0.39 is 5.60 Å². The predicted molar refractivity (Wildman–Crippen MR) is 119 cm³/mol. The number of aliphatic hydroxyl groups is 1. The van der Waals surface area contributed by atoms with Crippen LogP contribution in [0.4, 0.5) is 5.69 Å². The summed E-state index contributed by atoms with van der Waals surface area (Å²) >= 11 is 0. The van der Waals surface area contributed by atoms with E-state index in [4.69, 9.17) is 4.74 Å². The van der Waals surface area contributed by atoms with Gasteiger partial charge in [0.1, 0.15) is 28.4 Å². The van der Waals surface area contributed by atoms with Gasteiger partial charge >= 0.3 is 0 Å². The molecule has 2 aromatic heterocycles. The van der Waals surface area contributed by atoms with Crippen molar-refractivity contribution in [2.75, 3.05) is 18.0 Å². The Bertz CT molecular complexity index is 1200. The third kappa shape index (κ3) is 3.69. The lowest BCUT2D eigenvalue weighted by atomic mass is 9.90. The van der Waals surface area contributed by atoms with Crippen LogP contribution >= 0.6 is 0 Å². The van der Waals surface area contributed by atoms with Gasteiger partial charge in [0.05, 0.1) is 11.1 Å². The molecule has 2 aliphatic rings. The molecule has 8 nitrogen and oxygen atoms in total. The Morgan fingerprint density at radius 2 is 2.06 bits per heavy atom. The first kappa shape index (κ1) is 20.1. The molecular weight excluding hydrogens is 394 g/mol. The van der Waals surface area contributed by atoms with Gasteiger partial charge < -0.3 is 14.7 Å². The SMILES string of the molecule is Cn1nc(-c2n[nH]c3ccc(OC4(C)CC4)cc23)cc(N2CCC(C(C)(C)O)C2)c1=O. The number of hydrogen-bond donors (Lipinski definition) is 2. The van der Waals surface area contributed by atoms with Crippen molar-refractivity contribution >= 4 is 16.6 Å². The monoisotopic (exact) mass is 423 g/mol. The molecule has 3 heterocycles. The molecule has 1 unspecified atom stereocenters. The Morgan fingerprint density at radius 3 is 2.74 bits per heavy atom. The maximum atomic E-state index is 12.9. The number of hydrogen-bond acceptors (Lipinski definition) is 6. The van der Waals surface area contributed by atoms with Gasteiger partial charge in [-0.3, -0.25) is 9.89 Å². The van der Waals surface area contributed by atoms with E-state index in [0.29, 0.717) is 23.6 Å². The van der Waals surface area contributed by atoms with Gasteiger partial charge in [0.2, 0.25) is 0 Å². The van der Waals surface area contributed by atoms with Crippen LogP contribution in [0.5, 0.6) is 5.75 Å². The van der Waals surface area contributed by atoms with Gasteiger partial charge in [0.25, 0.3) is 5.56 Å². The summed E-state index contributed by atoms with van der Waals surface area (Å²) in [6.45, 7) is 7.14. The van der Waals surface area contributed by atoms with Crippen LogP contribution in [0.15, 0.2) is 29.1 Å². The normalized spacial score (nSPS) is 20.4. The van der Waals surface area contributed by atoms with Crippen molar-refractivity contribution in [2.24, 2.45) is 13.0 Å². The molecule has 5 rings (SSSR count). The van der Waals surface area contributed by atoms with Gasteiger partial charge in [-0.2, -0.15) is 10.2 Å². The van der Waals surface area contributed by atoms with E-state index in [9.17, 15) is 9.90 Å². The van der Waals surface area contributed by atoms with Gasteiger partial charge in [-0.25, -0.2) is 4.68 Å². The molecule has 1 aromatic carbocycles. The minimum atomic E-state index is -0.775. The number of anilines is 1. The standard InChI is InChI=1S/C23H29N5O3/c1-22(2,30)14-7-10-28(13-14)19-12-18(26-27(4)21(19)29)20-16-11-15(31-23(3)8-9-23)5-6-17(16)24-25-20/h5-6,11-12,14,30H,7-10,13H2,1-4H3,(H,24,25). The fourth-order valence-corrected chi connectivity index (χ4v) is 4.31. The second-order valence-corrected chi connectivity index (χ2v) is 9.76. The number of nitrogens with zero attached hydrogens (tertiary/aromatic N) is 4. The lowest BCUT2D eigenvalue weighted by Crippen LogP contribution is -2.35. The minimum Gasteiger partial charge on any atom is -0.488 e. The van der Waals surface area contributed by atoms with Crippen molar-refractivity contribution in [3.8, 4) is 17.1 Å². The van der Waals surface area contributed by atoms with Crippen molar-refractivity contribution in [3.63, 3.8) is 0 Å². The highest BCUT2D eigenvalue weighted by Crippen LogP contribution is 2.40. The molecular formula is C23H29N5O3. The van der Waals surface area contributed by atoms with Crippen LogP contribution in [0.1, 0.15) is 40.0 Å². The number of aryl methyl sites for hydroxylation is 1. The smallest absolute Gasteiger partial charge is 0.290 e. The third-order valence-electron chi connectivity index (χ3n) is 6.67. The molecule has 1 aliphatic carbocycles. The summed E-state index contributed by atoms with van der Waals surface area (Å²) in [6, 6.07) is 7.73. The lowest BCUT2D eigenvalue weighted by Gasteiger charge is -2.26. The largest absolute Gasteiger partial charge is 0.488 e. The maximum absolute atomic E-state index is 12.9. The van der Waals surface area contributed by atoms with Gasteiger partial charge in [-0.05, 0) is 64.3 Å². The zero-order chi connectivity index (χ0) is 22.0. The molecule has 2 fully saturated rings. The molecule has 1 saturated carbocycles. The second-order valence-electron chi connectivity index (χ2n) is 9.76. The fraction of sp³-hybridized carbons (Fsp3) is 0.522. The molecule has 31 heavy (non-hydrogen) atoms. The molecule has 0 spiro atoms. The number of benzene rings is 1. The van der Waals surface area contributed by atoms with Crippen molar-refractivity contribution in [3.05, 3.63) is 34.6 Å². The molecule has 1 saturated heterocycles. The molecule has 0 amide bonds. The topological polar surface area (TPSA) is 96.3 Å². The van der Waals surface area contributed by atoms with Crippen LogP contribution in [0, 0.1) is 5.92 Å². The molecule has 164 valence electrons. The zero-order valence-corrected chi connectivity index (χ0v) is 18.5. The fourth-order valence-electron chi connectivity index (χ4n) is 4.31. The quantitative estimate of drug-likeness (QED) is 0.655. The highest BCUT2D eigenvalue weighted by atomic mass is 16.5. The number of H-pyrrole nitrogens is 1. The van der Waals surface area contributed by atoms with Crippen LogP contribution in [0.25, 0.3) is 22.3 Å². The first-order valence-electron chi connectivity index (χ1n) is 10.9. The number of aromatic nitrogens is 4. The van der Waals surface area contributed by atoms with Crippen molar-refractivity contribution in [2.45, 2.75) is 51.2 Å². The summed E-state index contributed by atoms with van der Waals surface area (Å²) in [5.74, 6) is 0.927. The van der Waals surface area contributed by atoms with E-state index in [1.54, 1.807) is 7.05 Å². The van der Waals surface area contributed by atoms with E-state index in [1.165, 1.54) is 4.68 Å². The molecule has 3 aromatic rings. The lowest BCUT2D eigenvalue weighted by molar-refractivity contribution is 0.0263.